The molecule has 1 amide bonds. The summed E-state index contributed by atoms with van der Waals surface area (Å²) in [5, 5.41) is 3.24. The lowest BCUT2D eigenvalue weighted by Gasteiger charge is -2.40. The van der Waals surface area contributed by atoms with Crippen molar-refractivity contribution in [3.05, 3.63) is 59.5 Å². The Hall–Kier alpha value is -2.07. The number of piperidine rings is 1. The van der Waals surface area contributed by atoms with E-state index in [1.54, 1.807) is 6.26 Å². The van der Waals surface area contributed by atoms with Gasteiger partial charge in [-0.25, -0.2) is 0 Å². The fourth-order valence-electron chi connectivity index (χ4n) is 5.53. The average Bonchev–Trinajstić information content (AvgIpc) is 3.28. The van der Waals surface area contributed by atoms with Gasteiger partial charge in [-0.3, -0.25) is 9.69 Å². The Morgan fingerprint density at radius 2 is 2.00 bits per heavy atom. The molecule has 2 aromatic rings. The Morgan fingerprint density at radius 1 is 1.18 bits per heavy atom. The van der Waals surface area contributed by atoms with E-state index in [1.807, 2.05) is 6.26 Å². The van der Waals surface area contributed by atoms with E-state index in [9.17, 15) is 4.79 Å². The molecule has 4 nitrogen and oxygen atoms in total. The predicted octanol–water partition coefficient (Wildman–Crippen LogP) is 4.36. The molecule has 1 spiro atoms. The lowest BCUT2D eigenvalue weighted by molar-refractivity contribution is -0.122. The van der Waals surface area contributed by atoms with E-state index < -0.39 is 0 Å². The summed E-state index contributed by atoms with van der Waals surface area (Å²) in [5.41, 5.74) is 4.45. The number of amides is 1. The van der Waals surface area contributed by atoms with Crippen molar-refractivity contribution in [3.63, 3.8) is 0 Å². The fourth-order valence-corrected chi connectivity index (χ4v) is 5.53. The lowest BCUT2D eigenvalue weighted by Crippen LogP contribution is -2.41. The van der Waals surface area contributed by atoms with Crippen molar-refractivity contribution < 1.29 is 9.21 Å². The van der Waals surface area contributed by atoms with E-state index >= 15 is 0 Å². The molecule has 1 atom stereocenters. The van der Waals surface area contributed by atoms with Crippen LogP contribution >= 0.6 is 0 Å². The molecule has 2 fully saturated rings. The first-order valence-electron chi connectivity index (χ1n) is 10.8. The van der Waals surface area contributed by atoms with Crippen LogP contribution in [0.1, 0.15) is 67.6 Å². The molecule has 1 saturated heterocycles. The van der Waals surface area contributed by atoms with Crippen LogP contribution in [0, 0.1) is 0 Å². The molecule has 1 aromatic heterocycles. The Bertz CT molecular complexity index is 817. The SMILES string of the molecule is O=C(CC1CC2(CCN(Cc3ccoc3)CC2)c2ccccc21)NC1CCC1. The van der Waals surface area contributed by atoms with Crippen LogP contribution in [-0.4, -0.2) is 29.9 Å². The second kappa shape index (κ2) is 7.40. The third-order valence-corrected chi connectivity index (χ3v) is 7.31. The molecule has 2 aliphatic carbocycles. The quantitative estimate of drug-likeness (QED) is 0.841. The van der Waals surface area contributed by atoms with Crippen molar-refractivity contribution >= 4 is 5.91 Å². The van der Waals surface area contributed by atoms with Gasteiger partial charge < -0.3 is 9.73 Å². The minimum atomic E-state index is 0.249. The van der Waals surface area contributed by atoms with Gasteiger partial charge >= 0.3 is 0 Å². The Kier molecular flexibility index (Phi) is 4.75. The average molecular weight is 379 g/mol. The second-order valence-electron chi connectivity index (χ2n) is 9.08. The van der Waals surface area contributed by atoms with E-state index in [2.05, 4.69) is 40.5 Å². The largest absolute Gasteiger partial charge is 0.472 e. The maximum Gasteiger partial charge on any atom is 0.220 e. The third-order valence-electron chi connectivity index (χ3n) is 7.31. The predicted molar refractivity (Wildman–Crippen MR) is 109 cm³/mol. The van der Waals surface area contributed by atoms with Gasteiger partial charge in [0, 0.05) is 24.6 Å². The normalized spacial score (nSPS) is 24.1. The number of hydrogen-bond donors (Lipinski definition) is 1. The van der Waals surface area contributed by atoms with Crippen molar-refractivity contribution in [2.75, 3.05) is 13.1 Å². The van der Waals surface area contributed by atoms with Gasteiger partial charge in [-0.15, -0.1) is 0 Å². The van der Waals surface area contributed by atoms with Crippen molar-refractivity contribution in [2.45, 2.75) is 68.9 Å². The first kappa shape index (κ1) is 18.0. The molecular formula is C24H30N2O2. The van der Waals surface area contributed by atoms with Gasteiger partial charge in [0.1, 0.15) is 0 Å². The number of carbonyl (C=O) groups excluding carboxylic acids is 1. The number of benzene rings is 1. The van der Waals surface area contributed by atoms with Crippen LogP contribution in [0.2, 0.25) is 0 Å². The number of nitrogens with zero attached hydrogens (tertiary/aromatic N) is 1. The molecule has 0 radical (unpaired) electrons. The van der Waals surface area contributed by atoms with E-state index in [4.69, 9.17) is 4.42 Å². The summed E-state index contributed by atoms with van der Waals surface area (Å²) in [6, 6.07) is 11.4. The summed E-state index contributed by atoms with van der Waals surface area (Å²) < 4.78 is 5.22. The van der Waals surface area contributed by atoms with Gasteiger partial charge in [-0.05, 0) is 80.1 Å². The van der Waals surface area contributed by atoms with Crippen LogP contribution in [-0.2, 0) is 16.8 Å². The summed E-state index contributed by atoms with van der Waals surface area (Å²) in [7, 11) is 0. The van der Waals surface area contributed by atoms with Gasteiger partial charge in [0.05, 0.1) is 12.5 Å². The van der Waals surface area contributed by atoms with Gasteiger partial charge in [0.2, 0.25) is 5.91 Å². The monoisotopic (exact) mass is 378 g/mol. The minimum absolute atomic E-state index is 0.249. The van der Waals surface area contributed by atoms with Crippen LogP contribution in [0.3, 0.4) is 0 Å². The van der Waals surface area contributed by atoms with Crippen LogP contribution < -0.4 is 5.32 Å². The highest BCUT2D eigenvalue weighted by atomic mass is 16.3. The van der Waals surface area contributed by atoms with E-state index in [0.29, 0.717) is 18.4 Å². The smallest absolute Gasteiger partial charge is 0.220 e. The molecule has 1 aromatic carbocycles. The first-order valence-corrected chi connectivity index (χ1v) is 10.8. The first-order chi connectivity index (χ1) is 13.7. The van der Waals surface area contributed by atoms with Crippen LogP contribution in [0.25, 0.3) is 0 Å². The molecule has 28 heavy (non-hydrogen) atoms. The Balaban J connectivity index is 1.27. The Morgan fingerprint density at radius 3 is 2.71 bits per heavy atom. The van der Waals surface area contributed by atoms with Crippen molar-refractivity contribution in [1.82, 2.24) is 10.2 Å². The molecule has 148 valence electrons. The van der Waals surface area contributed by atoms with Gasteiger partial charge in [0.15, 0.2) is 0 Å². The van der Waals surface area contributed by atoms with Crippen molar-refractivity contribution in [2.24, 2.45) is 0 Å². The van der Waals surface area contributed by atoms with Crippen LogP contribution in [0.5, 0.6) is 0 Å². The van der Waals surface area contributed by atoms with E-state index in [-0.39, 0.29) is 11.3 Å². The summed E-state index contributed by atoms with van der Waals surface area (Å²) in [6.07, 6.45) is 11.3. The van der Waals surface area contributed by atoms with Gasteiger partial charge in [-0.1, -0.05) is 24.3 Å². The highest BCUT2D eigenvalue weighted by Gasteiger charge is 2.45. The number of fused-ring (bicyclic) bond motifs is 2. The Labute approximate surface area is 167 Å². The molecule has 0 bridgehead atoms. The maximum atomic E-state index is 12.6. The molecule has 5 rings (SSSR count). The number of likely N-dealkylation sites (tertiary alicyclic amines) is 1. The number of hydrogen-bond acceptors (Lipinski definition) is 3. The molecule has 1 saturated carbocycles. The number of carbonyl (C=O) groups is 1. The van der Waals surface area contributed by atoms with Crippen LogP contribution in [0.4, 0.5) is 0 Å². The molecule has 1 unspecified atom stereocenters. The summed E-state index contributed by atoms with van der Waals surface area (Å²) in [5.74, 6) is 0.621. The zero-order chi connectivity index (χ0) is 19.0. The molecule has 1 aliphatic heterocycles. The van der Waals surface area contributed by atoms with Gasteiger partial charge in [-0.2, -0.15) is 0 Å². The molecule has 2 heterocycles. The summed E-state index contributed by atoms with van der Waals surface area (Å²) >= 11 is 0. The molecule has 4 heteroatoms. The number of rotatable bonds is 5. The molecule has 3 aliphatic rings. The minimum Gasteiger partial charge on any atom is -0.472 e. The van der Waals surface area contributed by atoms with Crippen molar-refractivity contribution in [3.8, 4) is 0 Å². The summed E-state index contributed by atoms with van der Waals surface area (Å²) in [4.78, 5) is 15.1. The highest BCUT2D eigenvalue weighted by molar-refractivity contribution is 5.77. The fraction of sp³-hybridized carbons (Fsp3) is 0.542. The molecular weight excluding hydrogens is 348 g/mol. The van der Waals surface area contributed by atoms with Crippen molar-refractivity contribution in [1.29, 1.82) is 0 Å². The number of furan rings is 1. The summed E-state index contributed by atoms with van der Waals surface area (Å²) in [6.45, 7) is 3.20. The molecule has 1 N–H and O–H groups in total. The second-order valence-corrected chi connectivity index (χ2v) is 9.08. The maximum absolute atomic E-state index is 12.6. The zero-order valence-corrected chi connectivity index (χ0v) is 16.5. The van der Waals surface area contributed by atoms with Crippen LogP contribution in [0.15, 0.2) is 47.3 Å². The third kappa shape index (κ3) is 3.39. The van der Waals surface area contributed by atoms with Gasteiger partial charge in [0.25, 0.3) is 0 Å². The topological polar surface area (TPSA) is 45.5 Å². The highest BCUT2D eigenvalue weighted by Crippen LogP contribution is 2.52. The van der Waals surface area contributed by atoms with E-state index in [0.717, 1.165) is 38.9 Å². The standard InChI is InChI=1S/C24H30N2O2/c27-23(25-20-4-3-5-20)14-19-15-24(22-7-2-1-6-21(19)22)9-11-26(12-10-24)16-18-8-13-28-17-18/h1-2,6-8,13,17,19-20H,3-5,9-12,14-16H2,(H,25,27). The zero-order valence-electron chi connectivity index (χ0n) is 16.5. The van der Waals surface area contributed by atoms with E-state index in [1.165, 1.54) is 36.0 Å². The lowest BCUT2D eigenvalue weighted by atomic mass is 9.73. The number of nitrogens with one attached hydrogen (secondary N) is 1.